The van der Waals surface area contributed by atoms with Crippen LogP contribution in [0.2, 0.25) is 5.02 Å². The van der Waals surface area contributed by atoms with Crippen LogP contribution < -0.4 is 0 Å². The average Bonchev–Trinajstić information content (AvgIpc) is 3.10. The second kappa shape index (κ2) is 7.75. The van der Waals surface area contributed by atoms with Gasteiger partial charge in [0, 0.05) is 36.5 Å². The molecule has 9 nitrogen and oxygen atoms in total. The Morgan fingerprint density at radius 3 is 2.61 bits per heavy atom. The number of amides is 1. The minimum atomic E-state index is -0.559. The molecule has 1 fully saturated rings. The van der Waals surface area contributed by atoms with E-state index in [1.807, 2.05) is 31.6 Å². The van der Waals surface area contributed by atoms with E-state index in [4.69, 9.17) is 16.3 Å². The number of carbonyl (C=O) groups is 1. The topological polar surface area (TPSA) is 103 Å². The second-order valence-electron chi connectivity index (χ2n) is 7.69. The summed E-state index contributed by atoms with van der Waals surface area (Å²) in [6.07, 6.45) is 5.90. The molecular formula is C18H22ClN5O4. The van der Waals surface area contributed by atoms with E-state index < -0.39 is 10.5 Å². The molecule has 0 spiro atoms. The number of ether oxygens (including phenoxy) is 1. The van der Waals surface area contributed by atoms with E-state index in [9.17, 15) is 14.9 Å². The number of carbonyl (C=O) groups excluding carboxylic acids is 1. The van der Waals surface area contributed by atoms with Gasteiger partial charge in [-0.1, -0.05) is 11.6 Å². The number of likely N-dealkylation sites (tertiary alicyclic amines) is 1. The van der Waals surface area contributed by atoms with Crippen molar-refractivity contribution in [2.45, 2.75) is 45.3 Å². The number of pyridine rings is 1. The summed E-state index contributed by atoms with van der Waals surface area (Å²) in [5.74, 6) is -0.266. The lowest BCUT2D eigenvalue weighted by molar-refractivity contribution is -0.389. The molecular weight excluding hydrogens is 386 g/mol. The molecule has 0 unspecified atom stereocenters. The van der Waals surface area contributed by atoms with Crippen LogP contribution in [0.3, 0.4) is 0 Å². The standard InChI is InChI=1S/C18H22ClN5O4/c1-18(2,3)28-17(25)22-6-4-13(5-7-22)23-11-12(9-21-23)14-8-16(24(26)27)20-10-15(14)19/h8-11,13H,4-7H2,1-3H3. The lowest BCUT2D eigenvalue weighted by atomic mass is 10.1. The highest BCUT2D eigenvalue weighted by Crippen LogP contribution is 2.31. The van der Waals surface area contributed by atoms with Crippen LogP contribution in [0.5, 0.6) is 0 Å². The normalized spacial score (nSPS) is 15.5. The molecule has 1 saturated heterocycles. The maximum Gasteiger partial charge on any atom is 0.410 e. The SMILES string of the molecule is CC(C)(C)OC(=O)N1CCC(n2cc(-c3cc([N+](=O)[O-])ncc3Cl)cn2)CC1. The molecule has 3 rings (SSSR count). The Hall–Kier alpha value is -2.68. The van der Waals surface area contributed by atoms with Gasteiger partial charge in [0.05, 0.1) is 17.3 Å². The summed E-state index contributed by atoms with van der Waals surface area (Å²) < 4.78 is 7.24. The molecule has 0 N–H and O–H groups in total. The van der Waals surface area contributed by atoms with Crippen molar-refractivity contribution in [2.75, 3.05) is 13.1 Å². The fourth-order valence-corrected chi connectivity index (χ4v) is 3.28. The fourth-order valence-electron chi connectivity index (χ4n) is 3.06. The lowest BCUT2D eigenvalue weighted by Crippen LogP contribution is -2.42. The van der Waals surface area contributed by atoms with E-state index in [2.05, 4.69) is 10.1 Å². The highest BCUT2D eigenvalue weighted by molar-refractivity contribution is 6.33. The first-order valence-corrected chi connectivity index (χ1v) is 9.34. The number of rotatable bonds is 3. The van der Waals surface area contributed by atoms with Crippen molar-refractivity contribution in [1.82, 2.24) is 19.7 Å². The molecule has 3 heterocycles. The van der Waals surface area contributed by atoms with Crippen LogP contribution in [-0.4, -0.2) is 49.4 Å². The first-order valence-electron chi connectivity index (χ1n) is 8.96. The van der Waals surface area contributed by atoms with Crippen LogP contribution in [-0.2, 0) is 4.74 Å². The van der Waals surface area contributed by atoms with Crippen LogP contribution in [0.25, 0.3) is 11.1 Å². The minimum Gasteiger partial charge on any atom is -0.444 e. The van der Waals surface area contributed by atoms with Gasteiger partial charge in [-0.25, -0.2) is 4.79 Å². The maximum atomic E-state index is 12.2. The molecule has 1 aliphatic heterocycles. The number of piperidine rings is 1. The monoisotopic (exact) mass is 407 g/mol. The third-order valence-corrected chi connectivity index (χ3v) is 4.73. The van der Waals surface area contributed by atoms with Gasteiger partial charge in [-0.3, -0.25) is 4.68 Å². The predicted molar refractivity (Wildman–Crippen MR) is 103 cm³/mol. The van der Waals surface area contributed by atoms with Crippen molar-refractivity contribution in [1.29, 1.82) is 0 Å². The summed E-state index contributed by atoms with van der Waals surface area (Å²) in [6, 6.07) is 1.47. The zero-order valence-corrected chi connectivity index (χ0v) is 16.7. The number of nitro groups is 1. The summed E-state index contributed by atoms with van der Waals surface area (Å²) in [6.45, 7) is 6.69. The largest absolute Gasteiger partial charge is 0.444 e. The van der Waals surface area contributed by atoms with Gasteiger partial charge in [0.25, 0.3) is 0 Å². The highest BCUT2D eigenvalue weighted by atomic mass is 35.5. The van der Waals surface area contributed by atoms with Crippen molar-refractivity contribution < 1.29 is 14.5 Å². The van der Waals surface area contributed by atoms with Crippen molar-refractivity contribution in [3.05, 3.63) is 39.8 Å². The smallest absolute Gasteiger partial charge is 0.410 e. The van der Waals surface area contributed by atoms with Crippen LogP contribution in [0, 0.1) is 10.1 Å². The maximum absolute atomic E-state index is 12.2. The van der Waals surface area contributed by atoms with E-state index in [0.29, 0.717) is 29.2 Å². The van der Waals surface area contributed by atoms with Gasteiger partial charge in [-0.2, -0.15) is 5.10 Å². The first-order chi connectivity index (χ1) is 13.1. The molecule has 150 valence electrons. The molecule has 0 atom stereocenters. The third-order valence-electron chi connectivity index (χ3n) is 4.43. The molecule has 2 aromatic rings. The lowest BCUT2D eigenvalue weighted by Gasteiger charge is -2.33. The van der Waals surface area contributed by atoms with Gasteiger partial charge in [0.2, 0.25) is 0 Å². The van der Waals surface area contributed by atoms with Gasteiger partial charge in [-0.15, -0.1) is 0 Å². The molecule has 1 aliphatic rings. The molecule has 0 bridgehead atoms. The van der Waals surface area contributed by atoms with Crippen molar-refractivity contribution in [3.63, 3.8) is 0 Å². The number of nitrogens with zero attached hydrogens (tertiary/aromatic N) is 5. The summed E-state index contributed by atoms with van der Waals surface area (Å²) >= 11 is 6.16. The summed E-state index contributed by atoms with van der Waals surface area (Å²) in [5.41, 5.74) is 0.683. The molecule has 0 radical (unpaired) electrons. The summed E-state index contributed by atoms with van der Waals surface area (Å²) in [5, 5.41) is 15.7. The number of hydrogen-bond donors (Lipinski definition) is 0. The van der Waals surface area contributed by atoms with Gasteiger partial charge in [0.15, 0.2) is 6.20 Å². The summed E-state index contributed by atoms with van der Waals surface area (Å²) in [7, 11) is 0. The number of aromatic nitrogens is 3. The van der Waals surface area contributed by atoms with Crippen molar-refractivity contribution in [3.8, 4) is 11.1 Å². The van der Waals surface area contributed by atoms with Crippen LogP contribution >= 0.6 is 11.6 Å². The van der Waals surface area contributed by atoms with E-state index in [1.54, 1.807) is 11.1 Å². The van der Waals surface area contributed by atoms with Crippen molar-refractivity contribution >= 4 is 23.5 Å². The Morgan fingerprint density at radius 1 is 1.32 bits per heavy atom. The van der Waals surface area contributed by atoms with Crippen LogP contribution in [0.4, 0.5) is 10.6 Å². The molecule has 1 amide bonds. The Bertz CT molecular complexity index is 884. The molecule has 0 aromatic carbocycles. The van der Waals surface area contributed by atoms with Gasteiger partial charge in [0.1, 0.15) is 5.60 Å². The summed E-state index contributed by atoms with van der Waals surface area (Å²) in [4.78, 5) is 28.0. The van der Waals surface area contributed by atoms with Gasteiger partial charge >= 0.3 is 11.9 Å². The van der Waals surface area contributed by atoms with Crippen LogP contribution in [0.1, 0.15) is 39.7 Å². The van der Waals surface area contributed by atoms with E-state index in [-0.39, 0.29) is 18.0 Å². The third kappa shape index (κ3) is 4.59. The van der Waals surface area contributed by atoms with Gasteiger partial charge in [-0.05, 0) is 43.5 Å². The Morgan fingerprint density at radius 2 is 2.00 bits per heavy atom. The highest BCUT2D eigenvalue weighted by Gasteiger charge is 2.28. The number of halogens is 1. The van der Waals surface area contributed by atoms with E-state index >= 15 is 0 Å². The fraction of sp³-hybridized carbons (Fsp3) is 0.500. The quantitative estimate of drug-likeness (QED) is 0.561. The first kappa shape index (κ1) is 20.1. The average molecular weight is 408 g/mol. The van der Waals surface area contributed by atoms with Gasteiger partial charge < -0.3 is 19.8 Å². The minimum absolute atomic E-state index is 0.128. The number of hydrogen-bond acceptors (Lipinski definition) is 6. The van der Waals surface area contributed by atoms with E-state index in [0.717, 1.165) is 12.8 Å². The Balaban J connectivity index is 1.68. The van der Waals surface area contributed by atoms with E-state index in [1.165, 1.54) is 12.3 Å². The van der Waals surface area contributed by atoms with Crippen LogP contribution in [0.15, 0.2) is 24.7 Å². The molecule has 28 heavy (non-hydrogen) atoms. The molecule has 0 aliphatic carbocycles. The second-order valence-corrected chi connectivity index (χ2v) is 8.09. The molecule has 2 aromatic heterocycles. The molecule has 0 saturated carbocycles. The predicted octanol–water partition coefficient (Wildman–Crippen LogP) is 4.08. The Labute approximate surface area is 167 Å². The Kier molecular flexibility index (Phi) is 5.55. The zero-order valence-electron chi connectivity index (χ0n) is 16.0. The molecule has 10 heteroatoms. The van der Waals surface area contributed by atoms with Crippen molar-refractivity contribution in [2.24, 2.45) is 0 Å². The zero-order chi connectivity index (χ0) is 20.5.